The molecular weight excluding hydrogens is 456 g/mol. The van der Waals surface area contributed by atoms with Crippen LogP contribution in [0, 0.1) is 0 Å². The number of H-pyrrole nitrogens is 1. The maximum Gasteiger partial charge on any atom is 0.282 e. The van der Waals surface area contributed by atoms with Gasteiger partial charge in [-0.05, 0) is 42.5 Å². The van der Waals surface area contributed by atoms with E-state index in [1.807, 2.05) is 36.4 Å². The predicted octanol–water partition coefficient (Wildman–Crippen LogP) is 4.90. The number of nitrogens with one attached hydrogen (secondary N) is 2. The number of aromatic nitrogens is 5. The first-order chi connectivity index (χ1) is 17.2. The van der Waals surface area contributed by atoms with Crippen LogP contribution >= 0.6 is 11.3 Å². The van der Waals surface area contributed by atoms with E-state index in [1.54, 1.807) is 0 Å². The number of carbonyl (C=O) groups excluding carboxylic acids is 1. The number of nitrogens with zero attached hydrogens (tertiary/aromatic N) is 4. The fourth-order valence-corrected chi connectivity index (χ4v) is 4.75. The summed E-state index contributed by atoms with van der Waals surface area (Å²) < 4.78 is 0. The Labute approximate surface area is 207 Å². The van der Waals surface area contributed by atoms with Crippen molar-refractivity contribution in [1.82, 2.24) is 30.7 Å². The Balaban J connectivity index is 1.09. The van der Waals surface area contributed by atoms with Gasteiger partial charge in [0.1, 0.15) is 5.01 Å². The summed E-state index contributed by atoms with van der Waals surface area (Å²) in [6.45, 7) is 0.481. The lowest BCUT2D eigenvalue weighted by molar-refractivity contribution is 0.0950. The van der Waals surface area contributed by atoms with E-state index in [0.29, 0.717) is 11.6 Å². The van der Waals surface area contributed by atoms with Crippen molar-refractivity contribution in [2.24, 2.45) is 0 Å². The lowest BCUT2D eigenvalue weighted by Crippen LogP contribution is -2.22. The zero-order chi connectivity index (χ0) is 23.9. The number of hydrogen-bond acceptors (Lipinski definition) is 6. The third-order valence-corrected chi connectivity index (χ3v) is 6.73. The normalized spacial score (nSPS) is 11.1. The van der Waals surface area contributed by atoms with Crippen LogP contribution in [0.25, 0.3) is 11.0 Å². The Morgan fingerprint density at radius 3 is 2.37 bits per heavy atom. The number of fused-ring (bicyclic) bond motifs is 1. The van der Waals surface area contributed by atoms with E-state index in [-0.39, 0.29) is 5.91 Å². The molecule has 0 saturated carbocycles. The van der Waals surface area contributed by atoms with Crippen LogP contribution in [0.5, 0.6) is 0 Å². The van der Waals surface area contributed by atoms with Crippen molar-refractivity contribution in [2.75, 3.05) is 0 Å². The van der Waals surface area contributed by atoms with Gasteiger partial charge in [0.25, 0.3) is 5.91 Å². The number of hydrogen-bond donors (Lipinski definition) is 2. The number of benzene rings is 2. The molecule has 0 aliphatic rings. The van der Waals surface area contributed by atoms with Crippen LogP contribution in [0.4, 0.5) is 0 Å². The number of unbranched alkanes of at least 4 members (excludes halogenated alkanes) is 1. The molecule has 3 heterocycles. The Kier molecular flexibility index (Phi) is 7.19. The third kappa shape index (κ3) is 6.16. The highest BCUT2D eigenvalue weighted by atomic mass is 32.1. The minimum absolute atomic E-state index is 0.181. The molecule has 7 nitrogen and oxygen atoms in total. The van der Waals surface area contributed by atoms with E-state index < -0.39 is 0 Å². The average Bonchev–Trinajstić information content (AvgIpc) is 3.53. The molecule has 176 valence electrons. The van der Waals surface area contributed by atoms with Crippen molar-refractivity contribution in [1.29, 1.82) is 0 Å². The zero-order valence-electron chi connectivity index (χ0n) is 19.3. The molecule has 3 aromatic heterocycles. The smallest absolute Gasteiger partial charge is 0.282 e. The van der Waals surface area contributed by atoms with Gasteiger partial charge in [0.2, 0.25) is 5.01 Å². The zero-order valence-corrected chi connectivity index (χ0v) is 20.1. The molecule has 0 aliphatic heterocycles. The number of amides is 1. The molecule has 0 aliphatic carbocycles. The molecule has 5 aromatic rings. The Bertz CT molecular complexity index is 1400. The van der Waals surface area contributed by atoms with Crippen LogP contribution in [0.1, 0.15) is 50.2 Å². The second kappa shape index (κ2) is 11.0. The summed E-state index contributed by atoms with van der Waals surface area (Å²) in [5.41, 5.74) is 5.27. The van der Waals surface area contributed by atoms with Gasteiger partial charge in [-0.15, -0.1) is 15.3 Å². The van der Waals surface area contributed by atoms with Crippen LogP contribution in [0.3, 0.4) is 0 Å². The standard InChI is InChI=1S/C27H26N6OS/c34-26(28-18-20-11-5-2-6-12-20)27-33-31-24(35-27)14-8-7-13-22-16-21-17-23(29-25(21)32-30-22)15-19-9-3-1-4-10-19/h1-6,9-12,16-17H,7-8,13-15,18H2,(H,28,34)(H,29,32). The Morgan fingerprint density at radius 2 is 1.57 bits per heavy atom. The third-order valence-electron chi connectivity index (χ3n) is 5.75. The van der Waals surface area contributed by atoms with E-state index >= 15 is 0 Å². The van der Waals surface area contributed by atoms with Crippen LogP contribution in [0.15, 0.2) is 72.8 Å². The van der Waals surface area contributed by atoms with Crippen molar-refractivity contribution in [2.45, 2.75) is 38.6 Å². The highest BCUT2D eigenvalue weighted by molar-refractivity contribution is 7.13. The highest BCUT2D eigenvalue weighted by Gasteiger charge is 2.12. The molecule has 0 saturated heterocycles. The summed E-state index contributed by atoms with van der Waals surface area (Å²) in [4.78, 5) is 15.7. The molecule has 35 heavy (non-hydrogen) atoms. The van der Waals surface area contributed by atoms with Crippen molar-refractivity contribution in [3.8, 4) is 0 Å². The second-order valence-corrected chi connectivity index (χ2v) is 9.53. The SMILES string of the molecule is O=C(NCc1ccccc1)c1nnc(CCCCc2cc3cc(Cc4ccccc4)[nH]c3nn2)s1. The molecule has 0 bridgehead atoms. The monoisotopic (exact) mass is 482 g/mol. The molecule has 0 atom stereocenters. The van der Waals surface area contributed by atoms with Crippen LogP contribution in [-0.4, -0.2) is 31.3 Å². The van der Waals surface area contributed by atoms with E-state index in [2.05, 4.69) is 67.1 Å². The Morgan fingerprint density at radius 1 is 0.829 bits per heavy atom. The van der Waals surface area contributed by atoms with Crippen molar-refractivity contribution >= 4 is 28.3 Å². The second-order valence-electron chi connectivity index (χ2n) is 8.47. The first kappa shape index (κ1) is 22.9. The molecule has 0 unspecified atom stereocenters. The number of rotatable bonds is 10. The van der Waals surface area contributed by atoms with Crippen molar-refractivity contribution in [3.05, 3.63) is 105 Å². The summed E-state index contributed by atoms with van der Waals surface area (Å²) in [6, 6.07) is 24.5. The van der Waals surface area contributed by atoms with Crippen molar-refractivity contribution in [3.63, 3.8) is 0 Å². The van der Waals surface area contributed by atoms with Gasteiger partial charge < -0.3 is 10.3 Å². The van der Waals surface area contributed by atoms with E-state index in [0.717, 1.165) is 65.1 Å². The maximum atomic E-state index is 12.3. The van der Waals surface area contributed by atoms with Crippen LogP contribution in [-0.2, 0) is 25.8 Å². The Hall–Kier alpha value is -3.91. The summed E-state index contributed by atoms with van der Waals surface area (Å²) in [7, 11) is 0. The first-order valence-corrected chi connectivity index (χ1v) is 12.6. The summed E-state index contributed by atoms with van der Waals surface area (Å²) in [5, 5.41) is 22.3. The summed E-state index contributed by atoms with van der Waals surface area (Å²) in [5.74, 6) is -0.181. The fraction of sp³-hybridized carbons (Fsp3) is 0.222. The lowest BCUT2D eigenvalue weighted by atomic mass is 10.1. The molecular formula is C27H26N6OS. The number of carbonyl (C=O) groups is 1. The lowest BCUT2D eigenvalue weighted by Gasteiger charge is -2.02. The summed E-state index contributed by atoms with van der Waals surface area (Å²) in [6.07, 6.45) is 4.42. The molecule has 5 rings (SSSR count). The molecule has 0 spiro atoms. The van der Waals surface area contributed by atoms with Gasteiger partial charge in [0.15, 0.2) is 5.65 Å². The first-order valence-electron chi connectivity index (χ1n) is 11.8. The van der Waals surface area contributed by atoms with E-state index in [4.69, 9.17) is 0 Å². The van der Waals surface area contributed by atoms with E-state index in [1.165, 1.54) is 16.9 Å². The largest absolute Gasteiger partial charge is 0.346 e. The van der Waals surface area contributed by atoms with Gasteiger partial charge in [-0.2, -0.15) is 5.10 Å². The van der Waals surface area contributed by atoms with Crippen LogP contribution in [0.2, 0.25) is 0 Å². The van der Waals surface area contributed by atoms with Gasteiger partial charge in [0, 0.05) is 30.5 Å². The molecule has 1 amide bonds. The summed E-state index contributed by atoms with van der Waals surface area (Å²) >= 11 is 1.36. The molecule has 2 N–H and O–H groups in total. The number of aromatic amines is 1. The predicted molar refractivity (Wildman–Crippen MR) is 137 cm³/mol. The quantitative estimate of drug-likeness (QED) is 0.276. The van der Waals surface area contributed by atoms with Gasteiger partial charge in [-0.25, -0.2) is 0 Å². The van der Waals surface area contributed by atoms with Crippen molar-refractivity contribution < 1.29 is 4.79 Å². The average molecular weight is 483 g/mol. The minimum atomic E-state index is -0.181. The molecule has 2 aromatic carbocycles. The molecule has 0 fully saturated rings. The minimum Gasteiger partial charge on any atom is -0.346 e. The topological polar surface area (TPSA) is 96.5 Å². The fourth-order valence-electron chi connectivity index (χ4n) is 3.95. The molecule has 0 radical (unpaired) electrons. The van der Waals surface area contributed by atoms with Gasteiger partial charge in [0.05, 0.1) is 5.69 Å². The molecule has 8 heteroatoms. The van der Waals surface area contributed by atoms with E-state index in [9.17, 15) is 4.79 Å². The highest BCUT2D eigenvalue weighted by Crippen LogP contribution is 2.18. The number of aryl methyl sites for hydroxylation is 2. The van der Waals surface area contributed by atoms with Crippen LogP contribution < -0.4 is 5.32 Å². The van der Waals surface area contributed by atoms with Gasteiger partial charge in [-0.1, -0.05) is 72.0 Å². The maximum absolute atomic E-state index is 12.3. The van der Waals surface area contributed by atoms with Gasteiger partial charge in [-0.3, -0.25) is 4.79 Å². The van der Waals surface area contributed by atoms with Gasteiger partial charge >= 0.3 is 0 Å².